The van der Waals surface area contributed by atoms with Crippen LogP contribution in [0.25, 0.3) is 110 Å². The summed E-state index contributed by atoms with van der Waals surface area (Å²) in [7, 11) is 0. The standard InChI is InChI=1S/C52H32O/c1-2-16-34(17-3-1)49-42-22-8-10-24-44(42)50(45-25-11-9-23-43(45)49)46-32-31-39(37-20-6-7-21-38(37)46)41-28-14-30-48-52(41)51-40(27-13-29-47(51)53-48)36-26-12-18-33-15-4-5-19-35(33)36/h1-32H/i1D,2D,3D,6D,7D,8D,9D,10D,11D,16D,17D,20D,21D,22D,23D,24D,25D,31D,32D. The van der Waals surface area contributed by atoms with Crippen molar-refractivity contribution in [3.05, 3.63) is 194 Å². The van der Waals surface area contributed by atoms with Crippen molar-refractivity contribution in [2.75, 3.05) is 0 Å². The van der Waals surface area contributed by atoms with Crippen molar-refractivity contribution >= 4 is 65.0 Å². The van der Waals surface area contributed by atoms with Gasteiger partial charge in [0.1, 0.15) is 11.2 Å². The molecule has 0 aliphatic carbocycles. The molecule has 1 aromatic heterocycles. The van der Waals surface area contributed by atoms with Gasteiger partial charge in [-0.2, -0.15) is 0 Å². The zero-order chi connectivity index (χ0) is 51.4. The van der Waals surface area contributed by atoms with E-state index >= 15 is 0 Å². The Morgan fingerprint density at radius 1 is 0.321 bits per heavy atom. The maximum absolute atomic E-state index is 10.1. The summed E-state index contributed by atoms with van der Waals surface area (Å²) in [6, 6.07) is 8.65. The van der Waals surface area contributed by atoms with Crippen molar-refractivity contribution in [2.24, 2.45) is 0 Å². The summed E-state index contributed by atoms with van der Waals surface area (Å²) >= 11 is 0. The normalized spacial score (nSPS) is 16.8. The maximum atomic E-state index is 10.1. The van der Waals surface area contributed by atoms with E-state index < -0.39 is 164 Å². The summed E-state index contributed by atoms with van der Waals surface area (Å²) in [5.41, 5.74) is 0.131. The van der Waals surface area contributed by atoms with Gasteiger partial charge in [-0.15, -0.1) is 0 Å². The molecule has 0 fully saturated rings. The number of hydrogen-bond donors (Lipinski definition) is 0. The Balaban J connectivity index is 1.40. The molecule has 0 atom stereocenters. The molecule has 1 heterocycles. The van der Waals surface area contributed by atoms with Gasteiger partial charge in [-0.1, -0.05) is 182 Å². The minimum Gasteiger partial charge on any atom is -0.456 e. The highest BCUT2D eigenvalue weighted by molar-refractivity contribution is 6.26. The van der Waals surface area contributed by atoms with Gasteiger partial charge in [0.25, 0.3) is 0 Å². The van der Waals surface area contributed by atoms with Gasteiger partial charge < -0.3 is 4.42 Å². The molecule has 0 spiro atoms. The van der Waals surface area contributed by atoms with Gasteiger partial charge in [0, 0.05) is 10.8 Å². The molecular formula is C52H32O. The first-order chi connectivity index (χ1) is 34.2. The average molecular weight is 692 g/mol. The van der Waals surface area contributed by atoms with Gasteiger partial charge in [-0.05, 0) is 99.7 Å². The van der Waals surface area contributed by atoms with Gasteiger partial charge in [0.15, 0.2) is 0 Å². The average Bonchev–Trinajstić information content (AvgIpc) is 3.78. The van der Waals surface area contributed by atoms with Crippen LogP contribution in [0.5, 0.6) is 0 Å². The van der Waals surface area contributed by atoms with Crippen molar-refractivity contribution in [1.29, 1.82) is 0 Å². The SMILES string of the molecule is [2H]c1c([2H])c([2H])c(-c2c3c([2H])c([2H])c([2H])c([2H])c3c(-c3c([2H])c([2H])c(-c4cccc5oc6cccc(-c7cccc8ccccc78)c6c45)c4c([2H])c([2H])c([2H])c([2H])c34)c3c([2H])c([2H])c([2H])c([2H])c23)c([2H])c1[2H]. The van der Waals surface area contributed by atoms with Crippen LogP contribution in [0.4, 0.5) is 0 Å². The topological polar surface area (TPSA) is 13.1 Å². The van der Waals surface area contributed by atoms with Crippen LogP contribution in [0.15, 0.2) is 198 Å². The van der Waals surface area contributed by atoms with Gasteiger partial charge in [0.05, 0.1) is 26.0 Å². The van der Waals surface area contributed by atoms with Crippen molar-refractivity contribution in [2.45, 2.75) is 0 Å². The summed E-state index contributed by atoms with van der Waals surface area (Å²) < 4.78 is 181. The van der Waals surface area contributed by atoms with Crippen LogP contribution in [0.3, 0.4) is 0 Å². The fourth-order valence-electron chi connectivity index (χ4n) is 7.59. The van der Waals surface area contributed by atoms with Crippen LogP contribution in [0.1, 0.15) is 26.0 Å². The Kier molecular flexibility index (Phi) is 3.69. The zero-order valence-corrected chi connectivity index (χ0v) is 27.4. The molecule has 0 bridgehead atoms. The summed E-state index contributed by atoms with van der Waals surface area (Å²) in [4.78, 5) is 0. The lowest BCUT2D eigenvalue weighted by Gasteiger charge is -2.20. The second-order valence-corrected chi connectivity index (χ2v) is 12.5. The van der Waals surface area contributed by atoms with Crippen LogP contribution in [0.2, 0.25) is 0 Å². The minimum atomic E-state index is -0.873. The Morgan fingerprint density at radius 2 is 0.792 bits per heavy atom. The van der Waals surface area contributed by atoms with E-state index in [0.29, 0.717) is 21.9 Å². The van der Waals surface area contributed by atoms with Crippen molar-refractivity contribution in [1.82, 2.24) is 0 Å². The largest absolute Gasteiger partial charge is 0.456 e. The first kappa shape index (κ1) is 16.6. The summed E-state index contributed by atoms with van der Waals surface area (Å²) in [6.07, 6.45) is 0. The van der Waals surface area contributed by atoms with E-state index in [9.17, 15) is 11.0 Å². The number of rotatable bonds is 4. The molecule has 1 heteroatoms. The molecule has 0 N–H and O–H groups in total. The lowest BCUT2D eigenvalue weighted by molar-refractivity contribution is 0.669. The van der Waals surface area contributed by atoms with Crippen molar-refractivity contribution in [3.8, 4) is 44.5 Å². The quantitative estimate of drug-likeness (QED) is 0.167. The molecule has 0 aliphatic rings. The third-order valence-electron chi connectivity index (χ3n) is 9.75. The van der Waals surface area contributed by atoms with E-state index in [2.05, 4.69) is 0 Å². The molecule has 0 saturated heterocycles. The van der Waals surface area contributed by atoms with Crippen LogP contribution < -0.4 is 0 Å². The van der Waals surface area contributed by atoms with Crippen molar-refractivity contribution in [3.63, 3.8) is 0 Å². The molecule has 53 heavy (non-hydrogen) atoms. The van der Waals surface area contributed by atoms with Gasteiger partial charge in [-0.3, -0.25) is 0 Å². The Bertz CT molecular complexity index is 4220. The monoisotopic (exact) mass is 691 g/mol. The van der Waals surface area contributed by atoms with E-state index in [0.717, 1.165) is 21.9 Å². The molecular weight excluding hydrogens is 641 g/mol. The molecule has 0 amide bonds. The van der Waals surface area contributed by atoms with E-state index in [-0.39, 0.29) is 16.5 Å². The highest BCUT2D eigenvalue weighted by atomic mass is 16.3. The molecule has 10 aromatic carbocycles. The molecule has 0 radical (unpaired) electrons. The first-order valence-corrected chi connectivity index (χ1v) is 16.7. The smallest absolute Gasteiger partial charge is 0.136 e. The Hall–Kier alpha value is -6.96. The fraction of sp³-hybridized carbons (Fsp3) is 0. The van der Waals surface area contributed by atoms with Crippen molar-refractivity contribution < 1.29 is 30.5 Å². The van der Waals surface area contributed by atoms with E-state index in [1.807, 2.05) is 54.6 Å². The molecule has 11 rings (SSSR count). The van der Waals surface area contributed by atoms with Gasteiger partial charge >= 0.3 is 0 Å². The van der Waals surface area contributed by atoms with Gasteiger partial charge in [0.2, 0.25) is 0 Å². The number of fused-ring (bicyclic) bond motifs is 7. The zero-order valence-electron chi connectivity index (χ0n) is 46.4. The van der Waals surface area contributed by atoms with Crippen LogP contribution >= 0.6 is 0 Å². The fourth-order valence-corrected chi connectivity index (χ4v) is 7.59. The Morgan fingerprint density at radius 3 is 1.45 bits per heavy atom. The third-order valence-corrected chi connectivity index (χ3v) is 9.75. The summed E-state index contributed by atoms with van der Waals surface area (Å²) in [6.45, 7) is 0. The van der Waals surface area contributed by atoms with Crippen LogP contribution in [-0.2, 0) is 0 Å². The molecule has 11 aromatic rings. The van der Waals surface area contributed by atoms with E-state index in [4.69, 9.17) is 19.5 Å². The van der Waals surface area contributed by atoms with E-state index in [1.165, 1.54) is 0 Å². The molecule has 0 aliphatic heterocycles. The first-order valence-electron chi connectivity index (χ1n) is 26.2. The highest BCUT2D eigenvalue weighted by Gasteiger charge is 2.21. The second-order valence-electron chi connectivity index (χ2n) is 12.5. The summed E-state index contributed by atoms with van der Waals surface area (Å²) in [5.74, 6) is 0. The lowest BCUT2D eigenvalue weighted by Crippen LogP contribution is -1.92. The summed E-state index contributed by atoms with van der Waals surface area (Å²) in [5, 5.41) is -0.128. The predicted molar refractivity (Wildman–Crippen MR) is 225 cm³/mol. The Labute approximate surface area is 333 Å². The molecule has 1 nitrogen and oxygen atoms in total. The van der Waals surface area contributed by atoms with Crippen LogP contribution in [0, 0.1) is 0 Å². The van der Waals surface area contributed by atoms with Crippen LogP contribution in [-0.4, -0.2) is 0 Å². The maximum Gasteiger partial charge on any atom is 0.136 e. The second kappa shape index (κ2) is 11.8. The van der Waals surface area contributed by atoms with E-state index in [1.54, 1.807) is 24.3 Å². The predicted octanol–water partition coefficient (Wildman–Crippen LogP) is 14.9. The molecule has 0 unspecified atom stereocenters. The third kappa shape index (κ3) is 4.51. The highest BCUT2D eigenvalue weighted by Crippen LogP contribution is 2.48. The molecule has 246 valence electrons. The number of hydrogen-bond acceptors (Lipinski definition) is 1. The number of furan rings is 1. The number of benzene rings is 10. The lowest BCUT2D eigenvalue weighted by atomic mass is 9.83. The van der Waals surface area contributed by atoms with Gasteiger partial charge in [-0.25, -0.2) is 0 Å². The molecule has 0 saturated carbocycles. The minimum absolute atomic E-state index is 0.139.